The normalized spacial score (nSPS) is 16.1. The number of nitrogens with zero attached hydrogens (tertiary/aromatic N) is 2. The topological polar surface area (TPSA) is 70.1 Å². The van der Waals surface area contributed by atoms with E-state index in [2.05, 4.69) is 20.9 Å². The van der Waals surface area contributed by atoms with Crippen molar-refractivity contribution in [3.63, 3.8) is 0 Å². The average molecular weight is 437 g/mol. The van der Waals surface area contributed by atoms with Gasteiger partial charge in [-0.3, -0.25) is 4.79 Å². The van der Waals surface area contributed by atoms with Crippen LogP contribution >= 0.6 is 15.9 Å². The van der Waals surface area contributed by atoms with Crippen LogP contribution in [0.2, 0.25) is 0 Å². The van der Waals surface area contributed by atoms with Gasteiger partial charge in [-0.25, -0.2) is 4.98 Å². The van der Waals surface area contributed by atoms with Crippen molar-refractivity contribution >= 4 is 21.8 Å². The smallest absolute Gasteiger partial charge is 0.257 e. The van der Waals surface area contributed by atoms with E-state index in [4.69, 9.17) is 18.9 Å². The Morgan fingerprint density at radius 2 is 1.89 bits per heavy atom. The number of carbonyl (C=O) groups is 1. The first-order valence-electron chi connectivity index (χ1n) is 8.43. The van der Waals surface area contributed by atoms with Gasteiger partial charge in [-0.1, -0.05) is 0 Å². The number of hydrogen-bond acceptors (Lipinski definition) is 6. The number of amides is 1. The number of benzene rings is 1. The quantitative estimate of drug-likeness (QED) is 0.692. The fourth-order valence-electron chi connectivity index (χ4n) is 3.05. The fraction of sp³-hybridized carbons (Fsp3) is 0.368. The highest BCUT2D eigenvalue weighted by molar-refractivity contribution is 9.10. The Bertz CT molecular complexity index is 812. The standard InChI is InChI=1S/C19H21BrN2O5/c1-24-15-6-5-14(17(25-2)18(15)26-3)19(23)22-9-8-13(11-22)27-16-7-4-12(20)10-21-16/h4-7,10,13H,8-9,11H2,1-3H3/t13-/m0/s1. The third kappa shape index (κ3) is 4.10. The molecule has 144 valence electrons. The van der Waals surface area contributed by atoms with Crippen molar-refractivity contribution in [3.8, 4) is 23.1 Å². The van der Waals surface area contributed by atoms with Gasteiger partial charge in [-0.2, -0.15) is 0 Å². The summed E-state index contributed by atoms with van der Waals surface area (Å²) in [5, 5.41) is 0. The molecule has 2 aromatic rings. The molecule has 1 saturated heterocycles. The summed E-state index contributed by atoms with van der Waals surface area (Å²) >= 11 is 3.35. The summed E-state index contributed by atoms with van der Waals surface area (Å²) in [6.45, 7) is 1.08. The lowest BCUT2D eigenvalue weighted by Gasteiger charge is -2.20. The average Bonchev–Trinajstić information content (AvgIpc) is 3.16. The lowest BCUT2D eigenvalue weighted by Crippen LogP contribution is -2.31. The van der Waals surface area contributed by atoms with Crippen LogP contribution in [0.4, 0.5) is 0 Å². The van der Waals surface area contributed by atoms with Crippen molar-refractivity contribution in [2.75, 3.05) is 34.4 Å². The van der Waals surface area contributed by atoms with E-state index in [0.717, 1.165) is 10.9 Å². The summed E-state index contributed by atoms with van der Waals surface area (Å²) in [5.41, 5.74) is 0.428. The molecule has 0 spiro atoms. The van der Waals surface area contributed by atoms with E-state index >= 15 is 0 Å². The van der Waals surface area contributed by atoms with Gasteiger partial charge in [-0.05, 0) is 34.1 Å². The number of rotatable bonds is 6. The summed E-state index contributed by atoms with van der Waals surface area (Å²) in [5.74, 6) is 1.68. The molecule has 27 heavy (non-hydrogen) atoms. The summed E-state index contributed by atoms with van der Waals surface area (Å²) in [7, 11) is 4.56. The third-order valence-corrected chi connectivity index (χ3v) is 4.82. The van der Waals surface area contributed by atoms with Crippen molar-refractivity contribution in [1.29, 1.82) is 0 Å². The number of hydrogen-bond donors (Lipinski definition) is 0. The summed E-state index contributed by atoms with van der Waals surface area (Å²) in [6.07, 6.45) is 2.31. The summed E-state index contributed by atoms with van der Waals surface area (Å²) in [6, 6.07) is 7.05. The van der Waals surface area contributed by atoms with Crippen LogP contribution in [0.1, 0.15) is 16.8 Å². The Hall–Kier alpha value is -2.48. The Kier molecular flexibility index (Phi) is 6.05. The van der Waals surface area contributed by atoms with Crippen LogP contribution in [0.25, 0.3) is 0 Å². The van der Waals surface area contributed by atoms with Crippen molar-refractivity contribution < 1.29 is 23.7 Å². The molecule has 1 fully saturated rings. The fourth-order valence-corrected chi connectivity index (χ4v) is 3.29. The lowest BCUT2D eigenvalue weighted by molar-refractivity contribution is 0.0767. The first kappa shape index (κ1) is 19.3. The zero-order valence-electron chi connectivity index (χ0n) is 15.4. The molecule has 3 rings (SSSR count). The second-order valence-corrected chi connectivity index (χ2v) is 6.89. The number of halogens is 1. The molecule has 7 nitrogen and oxygen atoms in total. The van der Waals surface area contributed by atoms with Crippen molar-refractivity contribution in [1.82, 2.24) is 9.88 Å². The second kappa shape index (κ2) is 8.47. The molecule has 1 aliphatic heterocycles. The van der Waals surface area contributed by atoms with Crippen molar-refractivity contribution in [3.05, 3.63) is 40.5 Å². The minimum absolute atomic E-state index is 0.103. The summed E-state index contributed by atoms with van der Waals surface area (Å²) < 4.78 is 22.8. The van der Waals surface area contributed by atoms with E-state index in [1.54, 1.807) is 29.3 Å². The highest BCUT2D eigenvalue weighted by Crippen LogP contribution is 2.40. The van der Waals surface area contributed by atoms with Gasteiger partial charge in [-0.15, -0.1) is 0 Å². The van der Waals surface area contributed by atoms with E-state index in [1.807, 2.05) is 6.07 Å². The Morgan fingerprint density at radius 1 is 1.11 bits per heavy atom. The first-order chi connectivity index (χ1) is 13.1. The van der Waals surface area contributed by atoms with Crippen LogP contribution in [0.15, 0.2) is 34.9 Å². The van der Waals surface area contributed by atoms with Gasteiger partial charge < -0.3 is 23.8 Å². The van der Waals surface area contributed by atoms with Gasteiger partial charge in [0.15, 0.2) is 11.5 Å². The van der Waals surface area contributed by atoms with E-state index in [9.17, 15) is 4.79 Å². The van der Waals surface area contributed by atoms with Gasteiger partial charge in [0.05, 0.1) is 33.4 Å². The van der Waals surface area contributed by atoms with Crippen LogP contribution < -0.4 is 18.9 Å². The van der Waals surface area contributed by atoms with Gasteiger partial charge in [0.25, 0.3) is 5.91 Å². The first-order valence-corrected chi connectivity index (χ1v) is 9.23. The third-order valence-electron chi connectivity index (χ3n) is 4.35. The number of likely N-dealkylation sites (tertiary alicyclic amines) is 1. The largest absolute Gasteiger partial charge is 0.493 e. The molecule has 8 heteroatoms. The highest BCUT2D eigenvalue weighted by atomic mass is 79.9. The highest BCUT2D eigenvalue weighted by Gasteiger charge is 2.31. The molecule has 1 aliphatic rings. The SMILES string of the molecule is COc1ccc(C(=O)N2CC[C@H](Oc3ccc(Br)cn3)C2)c(OC)c1OC. The van der Waals surface area contributed by atoms with Crippen LogP contribution in [0.3, 0.4) is 0 Å². The molecule has 1 aromatic carbocycles. The molecular weight excluding hydrogens is 416 g/mol. The summed E-state index contributed by atoms with van der Waals surface area (Å²) in [4.78, 5) is 19.0. The van der Waals surface area contributed by atoms with Gasteiger partial charge in [0.1, 0.15) is 6.10 Å². The van der Waals surface area contributed by atoms with Crippen LogP contribution in [0.5, 0.6) is 23.1 Å². The van der Waals surface area contributed by atoms with Crippen LogP contribution in [0, 0.1) is 0 Å². The van der Waals surface area contributed by atoms with E-state index < -0.39 is 0 Å². The lowest BCUT2D eigenvalue weighted by atomic mass is 10.1. The van der Waals surface area contributed by atoms with Crippen molar-refractivity contribution in [2.45, 2.75) is 12.5 Å². The van der Waals surface area contributed by atoms with E-state index in [1.165, 1.54) is 21.3 Å². The number of ether oxygens (including phenoxy) is 4. The molecule has 0 N–H and O–H groups in total. The molecule has 1 amide bonds. The minimum Gasteiger partial charge on any atom is -0.493 e. The number of aromatic nitrogens is 1. The molecule has 1 aromatic heterocycles. The molecule has 0 aliphatic carbocycles. The molecule has 0 bridgehead atoms. The van der Waals surface area contributed by atoms with Gasteiger partial charge >= 0.3 is 0 Å². The molecule has 0 radical (unpaired) electrons. The number of pyridine rings is 1. The van der Waals surface area contributed by atoms with Crippen LogP contribution in [-0.2, 0) is 0 Å². The number of methoxy groups -OCH3 is 3. The Morgan fingerprint density at radius 3 is 2.52 bits per heavy atom. The maximum absolute atomic E-state index is 13.0. The monoisotopic (exact) mass is 436 g/mol. The minimum atomic E-state index is -0.136. The molecule has 0 unspecified atom stereocenters. The van der Waals surface area contributed by atoms with Gasteiger partial charge in [0, 0.05) is 29.7 Å². The molecule has 1 atom stereocenters. The maximum Gasteiger partial charge on any atom is 0.257 e. The van der Waals surface area contributed by atoms with Gasteiger partial charge in [0.2, 0.25) is 11.6 Å². The molecule has 0 saturated carbocycles. The molecule has 2 heterocycles. The Balaban J connectivity index is 1.74. The second-order valence-electron chi connectivity index (χ2n) is 5.98. The maximum atomic E-state index is 13.0. The zero-order valence-corrected chi connectivity index (χ0v) is 17.0. The van der Waals surface area contributed by atoms with Crippen molar-refractivity contribution in [2.24, 2.45) is 0 Å². The Labute approximate surface area is 166 Å². The zero-order chi connectivity index (χ0) is 19.4. The predicted molar refractivity (Wildman–Crippen MR) is 103 cm³/mol. The number of carbonyl (C=O) groups excluding carboxylic acids is 1. The van der Waals surface area contributed by atoms with E-state index in [0.29, 0.717) is 41.8 Å². The van der Waals surface area contributed by atoms with E-state index in [-0.39, 0.29) is 12.0 Å². The predicted octanol–water partition coefficient (Wildman–Crippen LogP) is 3.16. The van der Waals surface area contributed by atoms with Crippen LogP contribution in [-0.4, -0.2) is 56.3 Å². The molecular formula is C19H21BrN2O5.